The van der Waals surface area contributed by atoms with Crippen molar-refractivity contribution in [3.8, 4) is 0 Å². The van der Waals surface area contributed by atoms with E-state index >= 15 is 0 Å². The summed E-state index contributed by atoms with van der Waals surface area (Å²) in [5.74, 6) is 1.09. The third-order valence-electron chi connectivity index (χ3n) is 2.77. The molecule has 2 N–H and O–H groups in total. The summed E-state index contributed by atoms with van der Waals surface area (Å²) in [5.41, 5.74) is 0. The van der Waals surface area contributed by atoms with Crippen LogP contribution >= 0.6 is 0 Å². The number of aromatic nitrogens is 2. The molecule has 0 fully saturated rings. The largest absolute Gasteiger partial charge is 0.355 e. The minimum Gasteiger partial charge on any atom is -0.355 e. The summed E-state index contributed by atoms with van der Waals surface area (Å²) < 4.78 is 26.5. The molecule has 0 spiro atoms. The van der Waals surface area contributed by atoms with Gasteiger partial charge in [-0.2, -0.15) is 0 Å². The van der Waals surface area contributed by atoms with E-state index in [9.17, 15) is 8.42 Å². The van der Waals surface area contributed by atoms with Crippen LogP contribution in [0.15, 0.2) is 17.3 Å². The molecule has 0 aliphatic carbocycles. The number of sulfonamides is 1. The third kappa shape index (κ3) is 5.83. The van der Waals surface area contributed by atoms with Crippen LogP contribution in [0.25, 0.3) is 0 Å². The summed E-state index contributed by atoms with van der Waals surface area (Å²) in [4.78, 5) is 8.02. The van der Waals surface area contributed by atoms with Gasteiger partial charge in [0.15, 0.2) is 0 Å². The van der Waals surface area contributed by atoms with Crippen LogP contribution in [0.4, 0.5) is 5.95 Å². The molecular weight excluding hydrogens is 276 g/mol. The molecule has 0 bridgehead atoms. The lowest BCUT2D eigenvalue weighted by atomic mass is 10.1. The van der Waals surface area contributed by atoms with E-state index in [0.29, 0.717) is 25.0 Å². The van der Waals surface area contributed by atoms with Gasteiger partial charge in [-0.25, -0.2) is 23.1 Å². The summed E-state index contributed by atoms with van der Waals surface area (Å²) >= 11 is 0. The molecule has 1 heterocycles. The number of nitrogens with zero attached hydrogens (tertiary/aromatic N) is 2. The molecular formula is C13H24N4O2S. The molecule has 1 rings (SSSR count). The minimum absolute atomic E-state index is 0.100. The van der Waals surface area contributed by atoms with Crippen molar-refractivity contribution in [3.05, 3.63) is 12.4 Å². The first-order chi connectivity index (χ1) is 9.45. The van der Waals surface area contributed by atoms with E-state index in [1.165, 1.54) is 12.4 Å². The fourth-order valence-corrected chi connectivity index (χ4v) is 2.63. The molecule has 20 heavy (non-hydrogen) atoms. The Morgan fingerprint density at radius 2 is 1.85 bits per heavy atom. The number of nitrogens with one attached hydrogen (secondary N) is 2. The third-order valence-corrected chi connectivity index (χ3v) is 4.19. The highest BCUT2D eigenvalue weighted by Gasteiger charge is 2.14. The van der Waals surface area contributed by atoms with Crippen molar-refractivity contribution in [1.82, 2.24) is 14.7 Å². The van der Waals surface area contributed by atoms with Crippen molar-refractivity contribution in [2.24, 2.45) is 5.92 Å². The van der Waals surface area contributed by atoms with Crippen LogP contribution in [0.1, 0.15) is 40.0 Å². The lowest BCUT2D eigenvalue weighted by Crippen LogP contribution is -2.25. The summed E-state index contributed by atoms with van der Waals surface area (Å²) in [6, 6.07) is 0. The van der Waals surface area contributed by atoms with Crippen molar-refractivity contribution in [3.63, 3.8) is 0 Å². The van der Waals surface area contributed by atoms with Gasteiger partial charge in [-0.15, -0.1) is 0 Å². The van der Waals surface area contributed by atoms with Gasteiger partial charge in [0, 0.05) is 13.1 Å². The fourth-order valence-electron chi connectivity index (χ4n) is 1.67. The van der Waals surface area contributed by atoms with Gasteiger partial charge in [0.25, 0.3) is 0 Å². The van der Waals surface area contributed by atoms with Gasteiger partial charge in [0.05, 0.1) is 12.4 Å². The Morgan fingerprint density at radius 3 is 2.40 bits per heavy atom. The SMILES string of the molecule is CCNc1ncc(S(=O)(=O)NCCCCC(C)C)cn1. The van der Waals surface area contributed by atoms with E-state index in [-0.39, 0.29) is 4.90 Å². The summed E-state index contributed by atoms with van der Waals surface area (Å²) in [6.45, 7) is 7.39. The highest BCUT2D eigenvalue weighted by molar-refractivity contribution is 7.89. The molecule has 0 radical (unpaired) electrons. The average Bonchev–Trinajstić information content (AvgIpc) is 2.39. The normalized spacial score (nSPS) is 11.8. The lowest BCUT2D eigenvalue weighted by Gasteiger charge is -2.08. The summed E-state index contributed by atoms with van der Waals surface area (Å²) in [5, 5.41) is 2.92. The van der Waals surface area contributed by atoms with Crippen molar-refractivity contribution < 1.29 is 8.42 Å². The highest BCUT2D eigenvalue weighted by Crippen LogP contribution is 2.09. The van der Waals surface area contributed by atoms with Gasteiger partial charge in [0.2, 0.25) is 16.0 Å². The Hall–Kier alpha value is -1.21. The summed E-state index contributed by atoms with van der Waals surface area (Å²) in [7, 11) is -3.50. The van der Waals surface area contributed by atoms with Gasteiger partial charge in [-0.3, -0.25) is 0 Å². The van der Waals surface area contributed by atoms with E-state index in [4.69, 9.17) is 0 Å². The van der Waals surface area contributed by atoms with Crippen LogP contribution in [0.5, 0.6) is 0 Å². The second-order valence-electron chi connectivity index (χ2n) is 5.06. The molecule has 0 aliphatic rings. The van der Waals surface area contributed by atoms with Gasteiger partial charge in [-0.1, -0.05) is 26.7 Å². The first kappa shape index (κ1) is 16.8. The molecule has 6 nitrogen and oxygen atoms in total. The Morgan fingerprint density at radius 1 is 1.20 bits per heavy atom. The number of anilines is 1. The van der Waals surface area contributed by atoms with Crippen LogP contribution in [0.2, 0.25) is 0 Å². The maximum atomic E-state index is 12.0. The van der Waals surface area contributed by atoms with E-state index in [1.54, 1.807) is 0 Å². The van der Waals surface area contributed by atoms with Crippen LogP contribution in [0.3, 0.4) is 0 Å². The van der Waals surface area contributed by atoms with Crippen LogP contribution < -0.4 is 10.0 Å². The molecule has 7 heteroatoms. The highest BCUT2D eigenvalue weighted by atomic mass is 32.2. The number of rotatable bonds is 9. The van der Waals surface area contributed by atoms with Gasteiger partial charge >= 0.3 is 0 Å². The molecule has 1 aromatic heterocycles. The Labute approximate surface area is 121 Å². The maximum absolute atomic E-state index is 12.0. The quantitative estimate of drug-likeness (QED) is 0.682. The number of hydrogen-bond donors (Lipinski definition) is 2. The van der Waals surface area contributed by atoms with Crippen molar-refractivity contribution in [2.75, 3.05) is 18.4 Å². The molecule has 114 valence electrons. The van der Waals surface area contributed by atoms with Crippen LogP contribution in [-0.4, -0.2) is 31.5 Å². The lowest BCUT2D eigenvalue weighted by molar-refractivity contribution is 0.530. The standard InChI is InChI=1S/C13H24N4O2S/c1-4-14-13-15-9-12(10-16-13)20(18,19)17-8-6-5-7-11(2)3/h9-11,17H,4-8H2,1-3H3,(H,14,15,16). The second-order valence-corrected chi connectivity index (χ2v) is 6.83. The first-order valence-electron chi connectivity index (χ1n) is 7.01. The van der Waals surface area contributed by atoms with E-state index in [2.05, 4.69) is 33.9 Å². The molecule has 0 atom stereocenters. The second kappa shape index (κ2) is 8.16. The first-order valence-corrected chi connectivity index (χ1v) is 8.49. The zero-order valence-corrected chi connectivity index (χ0v) is 13.2. The molecule has 0 unspecified atom stereocenters. The molecule has 0 saturated heterocycles. The van der Waals surface area contributed by atoms with Crippen molar-refractivity contribution in [2.45, 2.75) is 44.9 Å². The van der Waals surface area contributed by atoms with E-state index in [1.807, 2.05) is 6.92 Å². The van der Waals surface area contributed by atoms with E-state index in [0.717, 1.165) is 19.3 Å². The monoisotopic (exact) mass is 300 g/mol. The Bertz CT molecular complexity index is 486. The predicted octanol–water partition coefficient (Wildman–Crippen LogP) is 2.01. The smallest absolute Gasteiger partial charge is 0.243 e. The number of unbranched alkanes of at least 4 members (excludes halogenated alkanes) is 1. The molecule has 0 amide bonds. The molecule has 1 aromatic rings. The summed E-state index contributed by atoms with van der Waals surface area (Å²) in [6.07, 6.45) is 5.62. The van der Waals surface area contributed by atoms with Crippen molar-refractivity contribution in [1.29, 1.82) is 0 Å². The zero-order chi connectivity index (χ0) is 15.0. The average molecular weight is 300 g/mol. The fraction of sp³-hybridized carbons (Fsp3) is 0.692. The molecule has 0 saturated carbocycles. The Balaban J connectivity index is 2.47. The maximum Gasteiger partial charge on any atom is 0.243 e. The Kier molecular flexibility index (Phi) is 6.87. The van der Waals surface area contributed by atoms with Gasteiger partial charge in [-0.05, 0) is 19.3 Å². The van der Waals surface area contributed by atoms with Crippen LogP contribution in [-0.2, 0) is 10.0 Å². The van der Waals surface area contributed by atoms with Crippen molar-refractivity contribution >= 4 is 16.0 Å². The van der Waals surface area contributed by atoms with Gasteiger partial charge < -0.3 is 5.32 Å². The predicted molar refractivity (Wildman–Crippen MR) is 80.1 cm³/mol. The van der Waals surface area contributed by atoms with Crippen LogP contribution in [0, 0.1) is 5.92 Å². The zero-order valence-electron chi connectivity index (χ0n) is 12.4. The molecule has 0 aliphatic heterocycles. The van der Waals surface area contributed by atoms with Gasteiger partial charge in [0.1, 0.15) is 4.90 Å². The minimum atomic E-state index is -3.50. The van der Waals surface area contributed by atoms with E-state index < -0.39 is 10.0 Å². The molecule has 0 aromatic carbocycles. The topological polar surface area (TPSA) is 84.0 Å². The number of hydrogen-bond acceptors (Lipinski definition) is 5.